The number of unbranched alkanes of at least 4 members (excludes halogenated alkanes) is 1. The third kappa shape index (κ3) is 4.63. The predicted molar refractivity (Wildman–Crippen MR) is 129 cm³/mol. The number of aliphatic imine (C=N–C) groups is 1. The fourth-order valence-electron chi connectivity index (χ4n) is 5.04. The summed E-state index contributed by atoms with van der Waals surface area (Å²) in [6.45, 7) is 4.54. The standard InChI is InChI=1S/C28H31NO4/c1-4-5-15-33-24-14-10-9-13-21(24)26-25(28(31)32-3)18(2)29-22-16-20(17-23(30)27(22)26)19-11-7-6-8-12-19/h6-14,20,26-27H,4-5,15-17H2,1-3H3/t20-,26-,27?/m0/s1. The van der Waals surface area contributed by atoms with Gasteiger partial charge in [-0.1, -0.05) is 61.9 Å². The Morgan fingerprint density at radius 3 is 2.48 bits per heavy atom. The van der Waals surface area contributed by atoms with Gasteiger partial charge in [-0.15, -0.1) is 0 Å². The second-order valence-corrected chi connectivity index (χ2v) is 8.77. The Bertz CT molecular complexity index is 1090. The van der Waals surface area contributed by atoms with Crippen LogP contribution < -0.4 is 4.74 Å². The van der Waals surface area contributed by atoms with Crippen molar-refractivity contribution in [2.24, 2.45) is 10.9 Å². The van der Waals surface area contributed by atoms with Gasteiger partial charge < -0.3 is 9.47 Å². The van der Waals surface area contributed by atoms with E-state index < -0.39 is 17.8 Å². The fraction of sp³-hybridized carbons (Fsp3) is 0.393. The Labute approximate surface area is 195 Å². The van der Waals surface area contributed by atoms with Crippen LogP contribution in [0.4, 0.5) is 0 Å². The molecule has 0 aromatic heterocycles. The summed E-state index contributed by atoms with van der Waals surface area (Å²) in [5.74, 6) is -0.481. The van der Waals surface area contributed by atoms with Crippen LogP contribution in [-0.4, -0.2) is 31.2 Å². The van der Waals surface area contributed by atoms with Crippen LogP contribution in [0.1, 0.15) is 62.5 Å². The molecule has 0 radical (unpaired) electrons. The van der Waals surface area contributed by atoms with Crippen LogP contribution in [0.15, 0.2) is 70.9 Å². The van der Waals surface area contributed by atoms with E-state index in [9.17, 15) is 9.59 Å². The number of carbonyl (C=O) groups excluding carboxylic acids is 2. The molecule has 1 aliphatic carbocycles. The van der Waals surface area contributed by atoms with Crippen LogP contribution in [0.5, 0.6) is 5.75 Å². The third-order valence-electron chi connectivity index (χ3n) is 6.64. The number of para-hydroxylation sites is 1. The molecule has 2 aromatic rings. The smallest absolute Gasteiger partial charge is 0.336 e. The van der Waals surface area contributed by atoms with Gasteiger partial charge in [0, 0.05) is 29.3 Å². The van der Waals surface area contributed by atoms with E-state index in [1.165, 1.54) is 7.11 Å². The Morgan fingerprint density at radius 2 is 1.76 bits per heavy atom. The van der Waals surface area contributed by atoms with E-state index in [0.717, 1.165) is 29.7 Å². The second kappa shape index (κ2) is 10.2. The van der Waals surface area contributed by atoms with Gasteiger partial charge in [0.25, 0.3) is 0 Å². The second-order valence-electron chi connectivity index (χ2n) is 8.77. The van der Waals surface area contributed by atoms with E-state index in [-0.39, 0.29) is 11.7 Å². The Kier molecular flexibility index (Phi) is 7.07. The van der Waals surface area contributed by atoms with Gasteiger partial charge in [0.1, 0.15) is 11.5 Å². The van der Waals surface area contributed by atoms with Gasteiger partial charge in [0.15, 0.2) is 0 Å². The van der Waals surface area contributed by atoms with Crippen molar-refractivity contribution >= 4 is 17.5 Å². The molecule has 172 valence electrons. The monoisotopic (exact) mass is 445 g/mol. The number of rotatable bonds is 7. The van der Waals surface area contributed by atoms with Gasteiger partial charge in [-0.25, -0.2) is 4.79 Å². The van der Waals surface area contributed by atoms with Crippen molar-refractivity contribution in [1.29, 1.82) is 0 Å². The highest BCUT2D eigenvalue weighted by molar-refractivity contribution is 6.12. The number of hydrogen-bond donors (Lipinski definition) is 0. The van der Waals surface area contributed by atoms with Crippen LogP contribution in [0, 0.1) is 5.92 Å². The van der Waals surface area contributed by atoms with Crippen molar-refractivity contribution < 1.29 is 19.1 Å². The van der Waals surface area contributed by atoms with Gasteiger partial charge in [-0.3, -0.25) is 9.79 Å². The first-order valence-electron chi connectivity index (χ1n) is 11.7. The summed E-state index contributed by atoms with van der Waals surface area (Å²) in [5, 5.41) is 0. The van der Waals surface area contributed by atoms with Crippen molar-refractivity contribution in [3.8, 4) is 5.75 Å². The summed E-state index contributed by atoms with van der Waals surface area (Å²) in [6, 6.07) is 17.8. The molecular weight excluding hydrogens is 414 g/mol. The van der Waals surface area contributed by atoms with Gasteiger partial charge in [-0.2, -0.15) is 0 Å². The van der Waals surface area contributed by atoms with E-state index in [1.807, 2.05) is 49.4 Å². The van der Waals surface area contributed by atoms with E-state index in [4.69, 9.17) is 14.5 Å². The van der Waals surface area contributed by atoms with Crippen LogP contribution in [0.25, 0.3) is 0 Å². The van der Waals surface area contributed by atoms with Crippen LogP contribution in [0.3, 0.4) is 0 Å². The molecule has 5 heteroatoms. The SMILES string of the molecule is CCCCOc1ccccc1[C@H]1C(C(=O)OC)=C(C)N=C2C[C@H](c3ccccc3)CC(=O)C21. The molecular formula is C28H31NO4. The maximum Gasteiger partial charge on any atom is 0.336 e. The molecule has 0 bridgehead atoms. The average Bonchev–Trinajstić information content (AvgIpc) is 2.83. The summed E-state index contributed by atoms with van der Waals surface area (Å²) in [4.78, 5) is 31.3. The molecule has 1 saturated carbocycles. The zero-order valence-electron chi connectivity index (χ0n) is 19.5. The molecule has 1 unspecified atom stereocenters. The number of allylic oxidation sites excluding steroid dienone is 1. The number of esters is 1. The number of benzene rings is 2. The fourth-order valence-corrected chi connectivity index (χ4v) is 5.04. The summed E-state index contributed by atoms with van der Waals surface area (Å²) in [5.41, 5.74) is 3.90. The summed E-state index contributed by atoms with van der Waals surface area (Å²) < 4.78 is 11.2. The first-order valence-corrected chi connectivity index (χ1v) is 11.7. The number of fused-ring (bicyclic) bond motifs is 1. The number of hydrogen-bond acceptors (Lipinski definition) is 5. The highest BCUT2D eigenvalue weighted by Gasteiger charge is 2.46. The molecule has 0 amide bonds. The van der Waals surface area contributed by atoms with Gasteiger partial charge in [0.2, 0.25) is 0 Å². The molecule has 0 N–H and O–H groups in total. The highest BCUT2D eigenvalue weighted by Crippen LogP contribution is 2.47. The molecule has 5 nitrogen and oxygen atoms in total. The number of Topliss-reactive ketones (excluding diaryl/α,β-unsaturated/α-hetero) is 1. The van der Waals surface area contributed by atoms with Crippen molar-refractivity contribution in [1.82, 2.24) is 0 Å². The van der Waals surface area contributed by atoms with E-state index in [2.05, 4.69) is 19.1 Å². The van der Waals surface area contributed by atoms with Crippen LogP contribution in [0.2, 0.25) is 0 Å². The molecule has 3 atom stereocenters. The van der Waals surface area contributed by atoms with Gasteiger partial charge >= 0.3 is 5.97 Å². The van der Waals surface area contributed by atoms with E-state index in [1.54, 1.807) is 0 Å². The molecule has 1 heterocycles. The quantitative estimate of drug-likeness (QED) is 0.410. The Balaban J connectivity index is 1.78. The molecule has 4 rings (SSSR count). The lowest BCUT2D eigenvalue weighted by Gasteiger charge is -2.38. The summed E-state index contributed by atoms with van der Waals surface area (Å²) >= 11 is 0. The lowest BCUT2D eigenvalue weighted by molar-refractivity contribution is -0.136. The third-order valence-corrected chi connectivity index (χ3v) is 6.64. The number of ether oxygens (including phenoxy) is 2. The van der Waals surface area contributed by atoms with Gasteiger partial charge in [0.05, 0.1) is 25.2 Å². The lowest BCUT2D eigenvalue weighted by atomic mass is 9.66. The number of carbonyl (C=O) groups is 2. The number of methoxy groups -OCH3 is 1. The minimum absolute atomic E-state index is 0.0953. The molecule has 1 fully saturated rings. The maximum atomic E-state index is 13.6. The van der Waals surface area contributed by atoms with Crippen LogP contribution >= 0.6 is 0 Å². The molecule has 33 heavy (non-hydrogen) atoms. The molecule has 0 spiro atoms. The first-order chi connectivity index (χ1) is 16.0. The summed E-state index contributed by atoms with van der Waals surface area (Å²) in [6.07, 6.45) is 3.08. The van der Waals surface area contributed by atoms with Crippen LogP contribution in [-0.2, 0) is 14.3 Å². The zero-order valence-corrected chi connectivity index (χ0v) is 19.5. The lowest BCUT2D eigenvalue weighted by Crippen LogP contribution is -2.41. The van der Waals surface area contributed by atoms with E-state index in [0.29, 0.717) is 36.5 Å². The topological polar surface area (TPSA) is 65.0 Å². The molecule has 2 aromatic carbocycles. The van der Waals surface area contributed by atoms with Crippen molar-refractivity contribution in [3.63, 3.8) is 0 Å². The minimum Gasteiger partial charge on any atom is -0.493 e. The van der Waals surface area contributed by atoms with Crippen molar-refractivity contribution in [2.45, 2.75) is 51.4 Å². The average molecular weight is 446 g/mol. The zero-order chi connectivity index (χ0) is 23.4. The number of ketones is 1. The molecule has 0 saturated heterocycles. The Morgan fingerprint density at radius 1 is 1.03 bits per heavy atom. The molecule has 1 aliphatic heterocycles. The largest absolute Gasteiger partial charge is 0.493 e. The summed E-state index contributed by atoms with van der Waals surface area (Å²) in [7, 11) is 1.37. The maximum absolute atomic E-state index is 13.6. The molecule has 2 aliphatic rings. The van der Waals surface area contributed by atoms with E-state index >= 15 is 0 Å². The minimum atomic E-state index is -0.487. The predicted octanol–water partition coefficient (Wildman–Crippen LogP) is 5.61. The van der Waals surface area contributed by atoms with Crippen molar-refractivity contribution in [2.75, 3.05) is 13.7 Å². The Hall–Kier alpha value is -3.21. The normalized spacial score (nSPS) is 22.5. The van der Waals surface area contributed by atoms with Gasteiger partial charge in [-0.05, 0) is 37.3 Å². The first kappa shape index (κ1) is 23.0. The highest BCUT2D eigenvalue weighted by atomic mass is 16.5. The van der Waals surface area contributed by atoms with Crippen molar-refractivity contribution in [3.05, 3.63) is 77.0 Å². The number of nitrogens with zero attached hydrogens (tertiary/aromatic N) is 1.